The van der Waals surface area contributed by atoms with Crippen LogP contribution in [0.1, 0.15) is 30.9 Å². The van der Waals surface area contributed by atoms with Gasteiger partial charge in [-0.05, 0) is 32.9 Å². The molecule has 9 heteroatoms. The summed E-state index contributed by atoms with van der Waals surface area (Å²) in [7, 11) is 0. The van der Waals surface area contributed by atoms with E-state index >= 15 is 0 Å². The largest absolute Gasteiger partial charge is 0.466 e. The van der Waals surface area contributed by atoms with Crippen molar-refractivity contribution in [2.24, 2.45) is 5.92 Å². The monoisotopic (exact) mass is 520 g/mol. The van der Waals surface area contributed by atoms with Crippen molar-refractivity contribution in [3.63, 3.8) is 0 Å². The third kappa shape index (κ3) is 5.06. The molecule has 38 heavy (non-hydrogen) atoms. The number of piperazine rings is 1. The van der Waals surface area contributed by atoms with Crippen LogP contribution in [-0.4, -0.2) is 85.6 Å². The molecular weight excluding hydrogens is 484 g/mol. The summed E-state index contributed by atoms with van der Waals surface area (Å²) in [4.78, 5) is 43.0. The van der Waals surface area contributed by atoms with E-state index in [1.807, 2.05) is 72.5 Å². The Morgan fingerprint density at radius 3 is 2.26 bits per heavy atom. The van der Waals surface area contributed by atoms with Crippen molar-refractivity contribution in [1.29, 1.82) is 0 Å². The van der Waals surface area contributed by atoms with E-state index in [-0.39, 0.29) is 23.8 Å². The summed E-state index contributed by atoms with van der Waals surface area (Å²) in [5, 5.41) is 6.37. The van der Waals surface area contributed by atoms with Gasteiger partial charge in [-0.3, -0.25) is 14.4 Å². The lowest BCUT2D eigenvalue weighted by molar-refractivity contribution is -0.153. The van der Waals surface area contributed by atoms with Gasteiger partial charge < -0.3 is 25.0 Å². The molecule has 2 unspecified atom stereocenters. The van der Waals surface area contributed by atoms with Gasteiger partial charge in [0.25, 0.3) is 0 Å². The number of ether oxygens (including phenoxy) is 2. The Bertz CT molecular complexity index is 1080. The second-order valence-corrected chi connectivity index (χ2v) is 10.1. The Balaban J connectivity index is 1.30. The lowest BCUT2D eigenvalue weighted by Crippen LogP contribution is -2.66. The molecule has 0 radical (unpaired) electrons. The highest BCUT2D eigenvalue weighted by atomic mass is 16.6. The van der Waals surface area contributed by atoms with Crippen molar-refractivity contribution in [3.8, 4) is 0 Å². The van der Waals surface area contributed by atoms with Crippen LogP contribution in [0.2, 0.25) is 0 Å². The lowest BCUT2D eigenvalue weighted by atomic mass is 9.90. The zero-order valence-corrected chi connectivity index (χ0v) is 21.8. The fourth-order valence-electron chi connectivity index (χ4n) is 5.91. The fourth-order valence-corrected chi connectivity index (χ4v) is 5.91. The first-order chi connectivity index (χ1) is 18.5. The first-order valence-electron chi connectivity index (χ1n) is 13.5. The quantitative estimate of drug-likeness (QED) is 0.505. The zero-order valence-electron chi connectivity index (χ0n) is 21.8. The van der Waals surface area contributed by atoms with Crippen LogP contribution in [0.5, 0.6) is 0 Å². The van der Waals surface area contributed by atoms with Crippen LogP contribution in [0, 0.1) is 5.92 Å². The smallest absolute Gasteiger partial charge is 0.327 e. The third-order valence-corrected chi connectivity index (χ3v) is 7.80. The molecule has 1 amide bonds. The van der Waals surface area contributed by atoms with E-state index in [1.54, 1.807) is 0 Å². The summed E-state index contributed by atoms with van der Waals surface area (Å²) in [6.07, 6.45) is 1.54. The fraction of sp³-hybridized carbons (Fsp3) is 0.483. The van der Waals surface area contributed by atoms with Gasteiger partial charge in [0.2, 0.25) is 11.6 Å². The molecule has 0 aromatic heterocycles. The summed E-state index contributed by atoms with van der Waals surface area (Å²) in [6, 6.07) is 18.1. The van der Waals surface area contributed by atoms with Gasteiger partial charge in [-0.2, -0.15) is 0 Å². The van der Waals surface area contributed by atoms with Crippen molar-refractivity contribution < 1.29 is 23.9 Å². The Hall–Kier alpha value is -3.27. The number of rotatable bonds is 8. The highest BCUT2D eigenvalue weighted by Gasteiger charge is 2.60. The SMILES string of the molecule is CCOC(=O)C1CCN(CCNC(=O)C2CNCC3C(=O)OC(c4ccccc4)(c4ccccc4)N23)CC1. The topological polar surface area (TPSA) is 100 Å². The lowest BCUT2D eigenvalue weighted by Gasteiger charge is -2.44. The molecule has 3 saturated heterocycles. The highest BCUT2D eigenvalue weighted by Crippen LogP contribution is 2.45. The molecule has 2 aromatic rings. The van der Waals surface area contributed by atoms with Gasteiger partial charge in [-0.15, -0.1) is 0 Å². The normalized spacial score (nSPS) is 23.9. The number of nitrogens with zero attached hydrogens (tertiary/aromatic N) is 2. The van der Waals surface area contributed by atoms with E-state index in [0.717, 1.165) is 37.1 Å². The van der Waals surface area contributed by atoms with Crippen molar-refractivity contribution in [1.82, 2.24) is 20.4 Å². The van der Waals surface area contributed by atoms with Crippen molar-refractivity contribution in [2.45, 2.75) is 37.6 Å². The summed E-state index contributed by atoms with van der Waals surface area (Å²) in [5.74, 6) is -0.629. The van der Waals surface area contributed by atoms with Crippen LogP contribution in [0.3, 0.4) is 0 Å². The van der Waals surface area contributed by atoms with Crippen LogP contribution in [-0.2, 0) is 29.6 Å². The summed E-state index contributed by atoms with van der Waals surface area (Å²) in [5.41, 5.74) is 0.432. The number of nitrogens with one attached hydrogen (secondary N) is 2. The molecule has 0 spiro atoms. The summed E-state index contributed by atoms with van der Waals surface area (Å²) in [6.45, 7) is 5.83. The molecule has 202 valence electrons. The number of esters is 2. The van der Waals surface area contributed by atoms with E-state index in [4.69, 9.17) is 9.47 Å². The number of hydrogen-bond acceptors (Lipinski definition) is 8. The predicted molar refractivity (Wildman–Crippen MR) is 141 cm³/mol. The number of cyclic esters (lactones) is 1. The van der Waals surface area contributed by atoms with Gasteiger partial charge in [0, 0.05) is 37.3 Å². The number of piperidine rings is 1. The molecule has 0 saturated carbocycles. The Morgan fingerprint density at radius 2 is 1.66 bits per heavy atom. The van der Waals surface area contributed by atoms with Crippen molar-refractivity contribution in [3.05, 3.63) is 71.8 Å². The van der Waals surface area contributed by atoms with Crippen LogP contribution in [0.4, 0.5) is 0 Å². The van der Waals surface area contributed by atoms with Gasteiger partial charge in [0.05, 0.1) is 12.5 Å². The van der Waals surface area contributed by atoms with Crippen LogP contribution in [0.15, 0.2) is 60.7 Å². The minimum absolute atomic E-state index is 0.0390. The van der Waals surface area contributed by atoms with Gasteiger partial charge in [-0.1, -0.05) is 60.7 Å². The van der Waals surface area contributed by atoms with E-state index in [1.165, 1.54) is 0 Å². The second kappa shape index (κ2) is 11.6. The molecule has 2 N–H and O–H groups in total. The molecule has 3 aliphatic heterocycles. The maximum atomic E-state index is 13.6. The zero-order chi connectivity index (χ0) is 26.5. The van der Waals surface area contributed by atoms with Gasteiger partial charge in [0.15, 0.2) is 0 Å². The van der Waals surface area contributed by atoms with Crippen LogP contribution in [0.25, 0.3) is 0 Å². The first kappa shape index (κ1) is 26.3. The van der Waals surface area contributed by atoms with E-state index in [2.05, 4.69) is 15.5 Å². The number of likely N-dealkylation sites (tertiary alicyclic amines) is 1. The van der Waals surface area contributed by atoms with Crippen LogP contribution < -0.4 is 10.6 Å². The molecular formula is C29H36N4O5. The number of carbonyl (C=O) groups is 3. The molecule has 9 nitrogen and oxygen atoms in total. The summed E-state index contributed by atoms with van der Waals surface area (Å²) >= 11 is 0. The minimum atomic E-state index is -1.19. The molecule has 2 aromatic carbocycles. The van der Waals surface area contributed by atoms with Gasteiger partial charge in [0.1, 0.15) is 12.1 Å². The second-order valence-electron chi connectivity index (χ2n) is 10.1. The van der Waals surface area contributed by atoms with E-state index < -0.39 is 17.8 Å². The molecule has 3 aliphatic rings. The number of carbonyl (C=O) groups excluding carboxylic acids is 3. The maximum Gasteiger partial charge on any atom is 0.327 e. The predicted octanol–water partition coefficient (Wildman–Crippen LogP) is 1.48. The third-order valence-electron chi connectivity index (χ3n) is 7.80. The van der Waals surface area contributed by atoms with E-state index in [9.17, 15) is 14.4 Å². The minimum Gasteiger partial charge on any atom is -0.466 e. The average molecular weight is 521 g/mol. The number of amides is 1. The number of fused-ring (bicyclic) bond motifs is 1. The molecule has 5 rings (SSSR count). The van der Waals surface area contributed by atoms with Crippen molar-refractivity contribution >= 4 is 17.8 Å². The summed E-state index contributed by atoms with van der Waals surface area (Å²) < 4.78 is 11.4. The maximum absolute atomic E-state index is 13.6. The number of benzene rings is 2. The highest BCUT2D eigenvalue weighted by molar-refractivity contribution is 5.86. The molecule has 3 heterocycles. The standard InChI is InChI=1S/C29H36N4O5/c1-2-37-27(35)21-13-16-32(17-14-21)18-15-31-26(34)24-19-30-20-25-28(36)38-29(33(24)25,22-9-5-3-6-10-22)23-11-7-4-8-12-23/h3-12,21,24-25,30H,2,13-20H2,1H3,(H,31,34). The average Bonchev–Trinajstić information content (AvgIpc) is 3.28. The Labute approximate surface area is 223 Å². The number of hydrogen-bond donors (Lipinski definition) is 2. The van der Waals surface area contributed by atoms with Crippen LogP contribution >= 0.6 is 0 Å². The van der Waals surface area contributed by atoms with E-state index in [0.29, 0.717) is 32.8 Å². The Kier molecular flexibility index (Phi) is 8.06. The van der Waals surface area contributed by atoms with Crippen molar-refractivity contribution in [2.75, 3.05) is 45.9 Å². The molecule has 3 fully saturated rings. The van der Waals surface area contributed by atoms with Gasteiger partial charge in [-0.25, -0.2) is 4.90 Å². The Morgan fingerprint density at radius 1 is 1.03 bits per heavy atom. The molecule has 0 aliphatic carbocycles. The first-order valence-corrected chi connectivity index (χ1v) is 13.5. The molecule has 0 bridgehead atoms. The molecule has 2 atom stereocenters. The van der Waals surface area contributed by atoms with Gasteiger partial charge >= 0.3 is 11.9 Å².